The van der Waals surface area contributed by atoms with Gasteiger partial charge in [-0.2, -0.15) is 0 Å². The van der Waals surface area contributed by atoms with Crippen LogP contribution < -0.4 is 10.1 Å². The lowest BCUT2D eigenvalue weighted by Gasteiger charge is -2.12. The number of hydrogen-bond acceptors (Lipinski definition) is 3. The van der Waals surface area contributed by atoms with E-state index in [-0.39, 0.29) is 13.2 Å². The van der Waals surface area contributed by atoms with Gasteiger partial charge in [-0.15, -0.1) is 0 Å². The molecule has 0 radical (unpaired) electrons. The SMILES string of the molecule is CCC(CNC(=O)COc1ccc(Cl)cc1Cl)C(=O)O. The van der Waals surface area contributed by atoms with Crippen molar-refractivity contribution in [3.8, 4) is 5.75 Å². The molecule has 0 saturated heterocycles. The fraction of sp³-hybridized carbons (Fsp3) is 0.385. The zero-order valence-corrected chi connectivity index (χ0v) is 12.4. The number of carbonyl (C=O) groups is 2. The third kappa shape index (κ3) is 5.27. The summed E-state index contributed by atoms with van der Waals surface area (Å²) in [5.41, 5.74) is 0. The molecule has 2 N–H and O–H groups in total. The van der Waals surface area contributed by atoms with Crippen molar-refractivity contribution >= 4 is 35.1 Å². The van der Waals surface area contributed by atoms with E-state index >= 15 is 0 Å². The first kappa shape index (κ1) is 16.6. The molecule has 5 nitrogen and oxygen atoms in total. The molecule has 1 atom stereocenters. The van der Waals surface area contributed by atoms with Crippen molar-refractivity contribution in [1.82, 2.24) is 5.32 Å². The number of halogens is 2. The van der Waals surface area contributed by atoms with E-state index in [1.54, 1.807) is 19.1 Å². The second-order valence-electron chi connectivity index (χ2n) is 4.11. The number of ether oxygens (including phenoxy) is 1. The van der Waals surface area contributed by atoms with E-state index in [2.05, 4.69) is 5.32 Å². The van der Waals surface area contributed by atoms with Crippen LogP contribution in [0.25, 0.3) is 0 Å². The molecule has 0 aromatic heterocycles. The smallest absolute Gasteiger partial charge is 0.308 e. The largest absolute Gasteiger partial charge is 0.482 e. The highest BCUT2D eigenvalue weighted by molar-refractivity contribution is 6.35. The van der Waals surface area contributed by atoms with Crippen LogP contribution >= 0.6 is 23.2 Å². The Labute approximate surface area is 126 Å². The maximum atomic E-state index is 11.5. The number of amides is 1. The van der Waals surface area contributed by atoms with Crippen LogP contribution in [0.15, 0.2) is 18.2 Å². The first-order valence-corrected chi connectivity index (χ1v) is 6.77. The Kier molecular flexibility index (Phi) is 6.61. The van der Waals surface area contributed by atoms with Crippen LogP contribution in [0.5, 0.6) is 5.75 Å². The molecule has 0 heterocycles. The topological polar surface area (TPSA) is 75.6 Å². The standard InChI is InChI=1S/C13H15Cl2NO4/c1-2-8(13(18)19)6-16-12(17)7-20-11-4-3-9(14)5-10(11)15/h3-5,8H,2,6-7H2,1H3,(H,16,17)(H,18,19). The van der Waals surface area contributed by atoms with E-state index in [0.717, 1.165) is 0 Å². The molecule has 1 amide bonds. The summed E-state index contributed by atoms with van der Waals surface area (Å²) in [5, 5.41) is 12.1. The van der Waals surface area contributed by atoms with Gasteiger partial charge >= 0.3 is 5.97 Å². The summed E-state index contributed by atoms with van der Waals surface area (Å²) in [6.45, 7) is 1.58. The Balaban J connectivity index is 2.41. The first-order chi connectivity index (χ1) is 9.43. The molecule has 1 unspecified atom stereocenters. The Hall–Kier alpha value is -1.46. The predicted octanol–water partition coefficient (Wildman–Crippen LogP) is 2.60. The van der Waals surface area contributed by atoms with Crippen LogP contribution in [-0.2, 0) is 9.59 Å². The third-order valence-electron chi connectivity index (χ3n) is 2.64. The summed E-state index contributed by atoms with van der Waals surface area (Å²) in [5.74, 6) is -1.60. The van der Waals surface area contributed by atoms with Crippen molar-refractivity contribution in [2.75, 3.05) is 13.2 Å². The molecule has 0 saturated carbocycles. The molecule has 0 fully saturated rings. The zero-order chi connectivity index (χ0) is 15.1. The van der Waals surface area contributed by atoms with E-state index in [0.29, 0.717) is 22.2 Å². The Bertz CT molecular complexity index is 493. The number of carboxylic acid groups (broad SMARTS) is 1. The van der Waals surface area contributed by atoms with Crippen molar-refractivity contribution in [1.29, 1.82) is 0 Å². The molecule has 7 heteroatoms. The average Bonchev–Trinajstić information content (AvgIpc) is 2.38. The van der Waals surface area contributed by atoms with Crippen LogP contribution in [0.4, 0.5) is 0 Å². The Morgan fingerprint density at radius 1 is 1.40 bits per heavy atom. The monoisotopic (exact) mass is 319 g/mol. The second kappa shape index (κ2) is 7.97. The highest BCUT2D eigenvalue weighted by Gasteiger charge is 2.16. The molecule has 20 heavy (non-hydrogen) atoms. The van der Waals surface area contributed by atoms with Gasteiger partial charge in [0.1, 0.15) is 5.75 Å². The minimum absolute atomic E-state index is 0.0718. The molecule has 0 aliphatic rings. The molecule has 0 aliphatic heterocycles. The van der Waals surface area contributed by atoms with Crippen LogP contribution in [0.2, 0.25) is 10.0 Å². The Morgan fingerprint density at radius 2 is 2.10 bits per heavy atom. The molecule has 110 valence electrons. The second-order valence-corrected chi connectivity index (χ2v) is 4.95. The molecule has 0 spiro atoms. The number of carbonyl (C=O) groups excluding carboxylic acids is 1. The fourth-order valence-electron chi connectivity index (χ4n) is 1.43. The lowest BCUT2D eigenvalue weighted by atomic mass is 10.1. The highest BCUT2D eigenvalue weighted by Crippen LogP contribution is 2.27. The number of rotatable bonds is 7. The number of benzene rings is 1. The van der Waals surface area contributed by atoms with Crippen molar-refractivity contribution < 1.29 is 19.4 Å². The summed E-state index contributed by atoms with van der Waals surface area (Å²) >= 11 is 11.6. The van der Waals surface area contributed by atoms with E-state index in [1.807, 2.05) is 0 Å². The van der Waals surface area contributed by atoms with Gasteiger partial charge in [0.05, 0.1) is 10.9 Å². The van der Waals surface area contributed by atoms with Crippen LogP contribution in [-0.4, -0.2) is 30.1 Å². The summed E-state index contributed by atoms with van der Waals surface area (Å²) in [4.78, 5) is 22.3. The van der Waals surface area contributed by atoms with Gasteiger partial charge in [0.15, 0.2) is 6.61 Å². The van der Waals surface area contributed by atoms with Crippen LogP contribution in [0, 0.1) is 5.92 Å². The normalized spacial score (nSPS) is 11.8. The first-order valence-electron chi connectivity index (χ1n) is 6.01. The molecule has 0 aliphatic carbocycles. The van der Waals surface area contributed by atoms with Crippen LogP contribution in [0.3, 0.4) is 0 Å². The summed E-state index contributed by atoms with van der Waals surface area (Å²) < 4.78 is 5.23. The van der Waals surface area contributed by atoms with Crippen LogP contribution in [0.1, 0.15) is 13.3 Å². The van der Waals surface area contributed by atoms with Crippen molar-refractivity contribution in [2.45, 2.75) is 13.3 Å². The van der Waals surface area contributed by atoms with Crippen molar-refractivity contribution in [3.05, 3.63) is 28.2 Å². The van der Waals surface area contributed by atoms with E-state index in [9.17, 15) is 9.59 Å². The molecular formula is C13H15Cl2NO4. The van der Waals surface area contributed by atoms with Gasteiger partial charge < -0.3 is 15.2 Å². The average molecular weight is 320 g/mol. The number of carboxylic acids is 1. The minimum Gasteiger partial charge on any atom is -0.482 e. The van der Waals surface area contributed by atoms with Crippen molar-refractivity contribution in [2.24, 2.45) is 5.92 Å². The van der Waals surface area contributed by atoms with Gasteiger partial charge in [-0.25, -0.2) is 0 Å². The minimum atomic E-state index is -0.936. The van der Waals surface area contributed by atoms with E-state index in [1.165, 1.54) is 6.07 Å². The van der Waals surface area contributed by atoms with Gasteiger partial charge in [0.25, 0.3) is 5.91 Å². The van der Waals surface area contributed by atoms with Gasteiger partial charge in [-0.3, -0.25) is 9.59 Å². The Morgan fingerprint density at radius 3 is 2.65 bits per heavy atom. The lowest BCUT2D eigenvalue weighted by molar-refractivity contribution is -0.141. The molecule has 0 bridgehead atoms. The van der Waals surface area contributed by atoms with Gasteiger partial charge in [-0.1, -0.05) is 30.1 Å². The lowest BCUT2D eigenvalue weighted by Crippen LogP contribution is -2.35. The van der Waals surface area contributed by atoms with E-state index < -0.39 is 17.8 Å². The summed E-state index contributed by atoms with van der Waals surface area (Å²) in [7, 11) is 0. The number of hydrogen-bond donors (Lipinski definition) is 2. The maximum Gasteiger partial charge on any atom is 0.308 e. The number of aliphatic carboxylic acids is 1. The number of nitrogens with one attached hydrogen (secondary N) is 1. The zero-order valence-electron chi connectivity index (χ0n) is 10.9. The quantitative estimate of drug-likeness (QED) is 0.810. The van der Waals surface area contributed by atoms with Gasteiger partial charge in [0, 0.05) is 11.6 Å². The van der Waals surface area contributed by atoms with Crippen molar-refractivity contribution in [3.63, 3.8) is 0 Å². The van der Waals surface area contributed by atoms with Gasteiger partial charge in [0.2, 0.25) is 0 Å². The molecular weight excluding hydrogens is 305 g/mol. The summed E-state index contributed by atoms with van der Waals surface area (Å²) in [6.07, 6.45) is 0.444. The molecule has 1 rings (SSSR count). The van der Waals surface area contributed by atoms with E-state index in [4.69, 9.17) is 33.0 Å². The molecule has 1 aromatic rings. The summed E-state index contributed by atoms with van der Waals surface area (Å²) in [6, 6.07) is 4.66. The highest BCUT2D eigenvalue weighted by atomic mass is 35.5. The third-order valence-corrected chi connectivity index (χ3v) is 3.17. The predicted molar refractivity (Wildman–Crippen MR) is 76.4 cm³/mol. The fourth-order valence-corrected chi connectivity index (χ4v) is 1.89. The maximum absolute atomic E-state index is 11.5. The van der Waals surface area contributed by atoms with Gasteiger partial charge in [-0.05, 0) is 24.6 Å². The molecule has 1 aromatic carbocycles.